The number of anilines is 1. The lowest BCUT2D eigenvalue weighted by Gasteiger charge is -2.50. The quantitative estimate of drug-likeness (QED) is 0.178. The molecule has 2 amide bonds. The van der Waals surface area contributed by atoms with Gasteiger partial charge in [0.1, 0.15) is 30.8 Å². The molecule has 13 nitrogen and oxygen atoms in total. The van der Waals surface area contributed by atoms with Crippen LogP contribution in [0.3, 0.4) is 0 Å². The zero-order valence-corrected chi connectivity index (χ0v) is 24.3. The Morgan fingerprint density at radius 3 is 2.68 bits per heavy atom. The summed E-state index contributed by atoms with van der Waals surface area (Å²) in [5.74, 6) is -4.08. The number of rotatable bonds is 7. The number of thiazole rings is 1. The Morgan fingerprint density at radius 1 is 1.34 bits per heavy atom. The van der Waals surface area contributed by atoms with E-state index in [1.165, 1.54) is 17.2 Å². The van der Waals surface area contributed by atoms with Gasteiger partial charge in [-0.2, -0.15) is 13.2 Å². The molecule has 5 rings (SSSR count). The number of halogens is 5. The van der Waals surface area contributed by atoms with Gasteiger partial charge in [0.25, 0.3) is 11.8 Å². The Bertz CT molecular complexity index is 1430. The van der Waals surface area contributed by atoms with Crippen LogP contribution in [0.25, 0.3) is 0 Å². The SMILES string of the molecule is CO/N=C(\C(=O)N[C@@H]1C(=O)N2C(C(=O)[O-])=C(C[n+]3c(C(F)(F)F)nn4c3CCCC4)CS[C@H]12)c1csc(N)n1.Cl.Cl. The summed E-state index contributed by atoms with van der Waals surface area (Å²) in [5.41, 5.74) is 5.06. The smallest absolute Gasteiger partial charge is 0.485 e. The van der Waals surface area contributed by atoms with E-state index in [0.29, 0.717) is 31.6 Å². The lowest BCUT2D eigenvalue weighted by Crippen LogP contribution is -2.71. The average Bonchev–Trinajstić information content (AvgIpc) is 3.48. The molecule has 2 aromatic heterocycles. The van der Waals surface area contributed by atoms with E-state index < -0.39 is 53.4 Å². The van der Waals surface area contributed by atoms with E-state index in [1.807, 2.05) is 0 Å². The minimum Gasteiger partial charge on any atom is -0.543 e. The molecule has 0 saturated carbocycles. The number of carboxylic acid groups (broad SMARTS) is 1. The molecule has 3 aliphatic rings. The minimum absolute atomic E-state index is 0. The monoisotopic (exact) mass is 658 g/mol. The van der Waals surface area contributed by atoms with Crippen molar-refractivity contribution in [2.75, 3.05) is 18.6 Å². The van der Waals surface area contributed by atoms with Crippen LogP contribution in [-0.4, -0.2) is 67.4 Å². The highest BCUT2D eigenvalue weighted by molar-refractivity contribution is 8.00. The lowest BCUT2D eigenvalue weighted by molar-refractivity contribution is -0.715. The lowest BCUT2D eigenvalue weighted by atomic mass is 10.0. The summed E-state index contributed by atoms with van der Waals surface area (Å²) < 4.78 is 43.6. The van der Waals surface area contributed by atoms with Crippen molar-refractivity contribution < 1.29 is 42.1 Å². The standard InChI is InChI=1S/C21H21F3N8O5S2.2ClH/c1-37-29-12(10-8-39-20(25)26-10)15(33)27-13-16(34)32-14(18(35)36)9(7-38-17(13)32)6-30-11-4-2-3-5-31(11)28-19(30)21(22,23)24;;/h8,13,17H,2-7H2,1H3,(H3-,25,26,27,33,35,36);2*1H/b29-12-;;/t13-,17-;;/m1../s1. The first kappa shape index (κ1) is 32.4. The van der Waals surface area contributed by atoms with Crippen LogP contribution >= 0.6 is 47.9 Å². The molecule has 0 aromatic carbocycles. The van der Waals surface area contributed by atoms with Crippen molar-refractivity contribution in [3.05, 3.63) is 34.0 Å². The third-order valence-electron chi connectivity index (χ3n) is 6.39. The van der Waals surface area contributed by atoms with Gasteiger partial charge in [0.2, 0.25) is 5.82 Å². The summed E-state index contributed by atoms with van der Waals surface area (Å²) in [6, 6.07) is -1.13. The van der Waals surface area contributed by atoms with Crippen LogP contribution in [0.2, 0.25) is 0 Å². The zero-order valence-electron chi connectivity index (χ0n) is 21.0. The van der Waals surface area contributed by atoms with Crippen molar-refractivity contribution in [1.82, 2.24) is 25.0 Å². The molecule has 224 valence electrons. The van der Waals surface area contributed by atoms with E-state index >= 15 is 0 Å². The molecule has 2 atom stereocenters. The summed E-state index contributed by atoms with van der Waals surface area (Å²) in [5, 5.41) is 22.9. The number of alkyl halides is 3. The fourth-order valence-electron chi connectivity index (χ4n) is 4.74. The maximum atomic E-state index is 13.8. The molecule has 5 heterocycles. The number of carboxylic acids is 1. The molecule has 2 aromatic rings. The third kappa shape index (κ3) is 5.96. The number of fused-ring (bicyclic) bond motifs is 2. The second kappa shape index (κ2) is 12.4. The molecule has 0 aliphatic carbocycles. The number of β-lactam (4-membered cyclic amide) rings is 1. The van der Waals surface area contributed by atoms with Crippen LogP contribution < -0.4 is 20.7 Å². The van der Waals surface area contributed by atoms with Crippen molar-refractivity contribution in [3.63, 3.8) is 0 Å². The Morgan fingerprint density at radius 2 is 2.07 bits per heavy atom. The van der Waals surface area contributed by atoms with Crippen LogP contribution in [0, 0.1) is 0 Å². The first-order chi connectivity index (χ1) is 18.5. The number of hydrogen-bond acceptors (Lipinski definition) is 11. The summed E-state index contributed by atoms with van der Waals surface area (Å²) in [7, 11) is 1.22. The van der Waals surface area contributed by atoms with E-state index in [-0.39, 0.29) is 52.7 Å². The molecular weight excluding hydrogens is 636 g/mol. The molecule has 0 radical (unpaired) electrons. The van der Waals surface area contributed by atoms with Crippen molar-refractivity contribution >= 4 is 76.5 Å². The molecule has 0 unspecified atom stereocenters. The number of aryl methyl sites for hydroxylation is 1. The maximum Gasteiger partial charge on any atom is 0.485 e. The van der Waals surface area contributed by atoms with Gasteiger partial charge in [-0.15, -0.1) is 52.6 Å². The van der Waals surface area contributed by atoms with Crippen molar-refractivity contribution in [2.45, 2.75) is 49.9 Å². The molecule has 0 spiro atoms. The van der Waals surface area contributed by atoms with Gasteiger partial charge in [-0.1, -0.05) is 5.16 Å². The van der Waals surface area contributed by atoms with E-state index in [0.717, 1.165) is 32.6 Å². The second-order valence-electron chi connectivity index (χ2n) is 8.80. The van der Waals surface area contributed by atoms with Crippen molar-refractivity contribution in [2.24, 2.45) is 5.16 Å². The maximum absolute atomic E-state index is 13.8. The number of amides is 2. The van der Waals surface area contributed by atoms with Crippen molar-refractivity contribution in [3.8, 4) is 0 Å². The average molecular weight is 660 g/mol. The van der Waals surface area contributed by atoms with Crippen LogP contribution in [0.4, 0.5) is 18.3 Å². The van der Waals surface area contributed by atoms with Crippen LogP contribution in [-0.2, 0) is 44.9 Å². The zero-order chi connectivity index (χ0) is 28.1. The number of oxime groups is 1. The van der Waals surface area contributed by atoms with Gasteiger partial charge in [-0.05, 0) is 18.4 Å². The summed E-state index contributed by atoms with van der Waals surface area (Å²) in [4.78, 5) is 47.7. The second-order valence-corrected chi connectivity index (χ2v) is 10.8. The van der Waals surface area contributed by atoms with Crippen LogP contribution in [0.1, 0.15) is 30.2 Å². The highest BCUT2D eigenvalue weighted by Gasteiger charge is 2.54. The summed E-state index contributed by atoms with van der Waals surface area (Å²) >= 11 is 2.17. The van der Waals surface area contributed by atoms with Gasteiger partial charge in [-0.25, -0.2) is 9.55 Å². The number of hydrogen-bond donors (Lipinski definition) is 2. The number of nitrogens with one attached hydrogen (secondary N) is 1. The molecule has 41 heavy (non-hydrogen) atoms. The number of nitrogens with two attached hydrogens (primary N) is 1. The van der Waals surface area contributed by atoms with E-state index in [2.05, 4.69) is 20.6 Å². The Balaban J connectivity index is 0.00000231. The Kier molecular flexibility index (Phi) is 9.82. The van der Waals surface area contributed by atoms with Crippen LogP contribution in [0.15, 0.2) is 21.8 Å². The van der Waals surface area contributed by atoms with Gasteiger partial charge in [-0.3, -0.25) is 14.5 Å². The molecule has 0 bridgehead atoms. The molecule has 1 saturated heterocycles. The van der Waals surface area contributed by atoms with Gasteiger partial charge in [0.05, 0.1) is 23.3 Å². The third-order valence-corrected chi connectivity index (χ3v) is 8.41. The predicted molar refractivity (Wildman–Crippen MR) is 142 cm³/mol. The molecule has 20 heteroatoms. The number of carbonyl (C=O) groups excluding carboxylic acids is 3. The Hall–Kier alpha value is -3.09. The summed E-state index contributed by atoms with van der Waals surface area (Å²) in [6.07, 6.45) is -3.07. The fraction of sp³-hybridized carbons (Fsp3) is 0.476. The first-order valence-corrected chi connectivity index (χ1v) is 13.5. The Labute approximate surface area is 250 Å². The largest absolute Gasteiger partial charge is 0.543 e. The predicted octanol–water partition coefficient (Wildman–Crippen LogP) is -0.137. The van der Waals surface area contributed by atoms with Crippen LogP contribution in [0.5, 0.6) is 0 Å². The number of aromatic nitrogens is 4. The fourth-order valence-corrected chi connectivity index (χ4v) is 6.62. The van der Waals surface area contributed by atoms with Gasteiger partial charge < -0.3 is 25.8 Å². The minimum atomic E-state index is -4.76. The van der Waals surface area contributed by atoms with E-state index in [9.17, 15) is 32.7 Å². The normalized spacial score (nSPS) is 20.2. The molecular formula is C21H23Cl2F3N8O5S2. The first-order valence-electron chi connectivity index (χ1n) is 11.6. The van der Waals surface area contributed by atoms with Gasteiger partial charge in [0, 0.05) is 17.6 Å². The molecule has 1 fully saturated rings. The summed E-state index contributed by atoms with van der Waals surface area (Å²) in [6.45, 7) is -0.105. The topological polar surface area (TPSA) is 172 Å². The number of nitrogens with zero attached hydrogens (tertiary/aromatic N) is 6. The van der Waals surface area contributed by atoms with Gasteiger partial charge >= 0.3 is 12.0 Å². The number of thioether (sulfide) groups is 1. The molecule has 3 N–H and O–H groups in total. The number of nitrogen functional groups attached to an aromatic ring is 1. The number of aliphatic carboxylic acids is 1. The van der Waals surface area contributed by atoms with Crippen molar-refractivity contribution in [1.29, 1.82) is 0 Å². The van der Waals surface area contributed by atoms with Gasteiger partial charge in [0.15, 0.2) is 10.8 Å². The van der Waals surface area contributed by atoms with E-state index in [4.69, 9.17) is 10.6 Å². The number of carbonyl (C=O) groups is 3. The molecule has 3 aliphatic heterocycles. The highest BCUT2D eigenvalue weighted by Crippen LogP contribution is 2.40. The van der Waals surface area contributed by atoms with E-state index in [1.54, 1.807) is 0 Å². The highest BCUT2D eigenvalue weighted by atomic mass is 35.5.